The van der Waals surface area contributed by atoms with Crippen LogP contribution in [0.25, 0.3) is 0 Å². The molecule has 1 aliphatic carbocycles. The van der Waals surface area contributed by atoms with Crippen LogP contribution in [0.4, 0.5) is 0 Å². The molecular weight excluding hydrogens is 358 g/mol. The molecule has 8 nitrogen and oxygen atoms in total. The Kier molecular flexibility index (Phi) is 4.28. The van der Waals surface area contributed by atoms with Gasteiger partial charge in [-0.3, -0.25) is 0 Å². The molecule has 1 saturated carbocycles. The second kappa shape index (κ2) is 6.48. The Morgan fingerprint density at radius 1 is 1.23 bits per heavy atom. The first-order valence-corrected chi connectivity index (χ1v) is 9.98. The van der Waals surface area contributed by atoms with Crippen LogP contribution in [-0.2, 0) is 14.8 Å². The zero-order valence-electron chi connectivity index (χ0n) is 14.3. The summed E-state index contributed by atoms with van der Waals surface area (Å²) in [6.45, 7) is 0.396. The Labute approximate surface area is 151 Å². The number of methoxy groups -OCH3 is 1. The summed E-state index contributed by atoms with van der Waals surface area (Å²) in [5, 5.41) is 3.99. The molecule has 1 aromatic heterocycles. The Balaban J connectivity index is 1.60. The van der Waals surface area contributed by atoms with Gasteiger partial charge in [-0.1, -0.05) is 5.16 Å². The van der Waals surface area contributed by atoms with Gasteiger partial charge in [0.05, 0.1) is 17.6 Å². The lowest BCUT2D eigenvalue weighted by Gasteiger charge is -2.21. The largest absolute Gasteiger partial charge is 0.465 e. The smallest absolute Gasteiger partial charge is 0.337 e. The van der Waals surface area contributed by atoms with Crippen molar-refractivity contribution < 1.29 is 22.5 Å². The molecule has 26 heavy (non-hydrogen) atoms. The van der Waals surface area contributed by atoms with Crippen molar-refractivity contribution in [3.63, 3.8) is 0 Å². The molecule has 2 aromatic rings. The fourth-order valence-corrected chi connectivity index (χ4v) is 4.83. The average Bonchev–Trinajstić information content (AvgIpc) is 3.18. The monoisotopic (exact) mass is 377 g/mol. The van der Waals surface area contributed by atoms with E-state index >= 15 is 0 Å². The summed E-state index contributed by atoms with van der Waals surface area (Å²) >= 11 is 0. The number of nitrogens with zero attached hydrogens (tertiary/aromatic N) is 3. The Hall–Kier alpha value is -2.26. The van der Waals surface area contributed by atoms with Crippen LogP contribution in [0.3, 0.4) is 0 Å². The predicted octanol–water partition coefficient (Wildman–Crippen LogP) is 2.26. The number of esters is 1. The van der Waals surface area contributed by atoms with Gasteiger partial charge in [0.15, 0.2) is 5.82 Å². The Morgan fingerprint density at radius 3 is 2.62 bits per heavy atom. The van der Waals surface area contributed by atoms with Gasteiger partial charge in [0.1, 0.15) is 6.04 Å². The first-order chi connectivity index (χ1) is 12.5. The minimum atomic E-state index is -3.73. The maximum atomic E-state index is 13.0. The first-order valence-electron chi connectivity index (χ1n) is 8.54. The third-order valence-electron chi connectivity index (χ3n) is 4.77. The second-order valence-electron chi connectivity index (χ2n) is 6.55. The minimum Gasteiger partial charge on any atom is -0.465 e. The molecule has 1 aliphatic heterocycles. The van der Waals surface area contributed by atoms with E-state index in [2.05, 4.69) is 14.9 Å². The van der Waals surface area contributed by atoms with Gasteiger partial charge < -0.3 is 9.26 Å². The predicted molar refractivity (Wildman–Crippen MR) is 89.9 cm³/mol. The summed E-state index contributed by atoms with van der Waals surface area (Å²) in [6.07, 6.45) is 3.48. The van der Waals surface area contributed by atoms with Crippen molar-refractivity contribution in [3.05, 3.63) is 41.5 Å². The quantitative estimate of drug-likeness (QED) is 0.736. The van der Waals surface area contributed by atoms with Crippen LogP contribution in [0, 0.1) is 0 Å². The minimum absolute atomic E-state index is 0.124. The SMILES string of the molecule is COC(=O)c1ccc(S(=O)(=O)N2CCCC2c2nc(C3CC3)no2)cc1. The fraction of sp³-hybridized carbons (Fsp3) is 0.471. The van der Waals surface area contributed by atoms with Crippen molar-refractivity contribution >= 4 is 16.0 Å². The van der Waals surface area contributed by atoms with E-state index in [0.29, 0.717) is 36.2 Å². The normalized spacial score (nSPS) is 21.0. The lowest BCUT2D eigenvalue weighted by molar-refractivity contribution is 0.0600. The van der Waals surface area contributed by atoms with Crippen molar-refractivity contribution in [1.82, 2.24) is 14.4 Å². The van der Waals surface area contributed by atoms with Crippen molar-refractivity contribution in [2.45, 2.75) is 42.5 Å². The number of sulfonamides is 1. The van der Waals surface area contributed by atoms with Crippen LogP contribution < -0.4 is 0 Å². The zero-order chi connectivity index (χ0) is 18.3. The van der Waals surface area contributed by atoms with Crippen LogP contribution in [0.1, 0.15) is 59.7 Å². The molecule has 2 aliphatic rings. The van der Waals surface area contributed by atoms with Crippen LogP contribution in [-0.4, -0.2) is 42.5 Å². The number of hydrogen-bond donors (Lipinski definition) is 0. The molecule has 9 heteroatoms. The number of rotatable bonds is 5. The molecule has 1 saturated heterocycles. The summed E-state index contributed by atoms with van der Waals surface area (Å²) in [7, 11) is -2.45. The molecule has 0 bridgehead atoms. The Morgan fingerprint density at radius 2 is 1.96 bits per heavy atom. The fourth-order valence-electron chi connectivity index (χ4n) is 3.18. The molecule has 0 amide bonds. The van der Waals surface area contributed by atoms with E-state index in [1.165, 1.54) is 35.7 Å². The first kappa shape index (κ1) is 17.2. The molecular formula is C17H19N3O5S. The average molecular weight is 377 g/mol. The van der Waals surface area contributed by atoms with E-state index in [9.17, 15) is 13.2 Å². The van der Waals surface area contributed by atoms with E-state index in [1.54, 1.807) is 0 Å². The topological polar surface area (TPSA) is 103 Å². The van der Waals surface area contributed by atoms with Crippen LogP contribution in [0.15, 0.2) is 33.7 Å². The van der Waals surface area contributed by atoms with Crippen LogP contribution in [0.5, 0.6) is 0 Å². The number of benzene rings is 1. The molecule has 0 radical (unpaired) electrons. The lowest BCUT2D eigenvalue weighted by Crippen LogP contribution is -2.31. The molecule has 2 heterocycles. The maximum Gasteiger partial charge on any atom is 0.337 e. The van der Waals surface area contributed by atoms with E-state index in [-0.39, 0.29) is 4.90 Å². The summed E-state index contributed by atoms with van der Waals surface area (Å²) in [6, 6.07) is 5.28. The molecule has 138 valence electrons. The van der Waals surface area contributed by atoms with Crippen molar-refractivity contribution in [2.24, 2.45) is 0 Å². The highest BCUT2D eigenvalue weighted by molar-refractivity contribution is 7.89. The highest BCUT2D eigenvalue weighted by Gasteiger charge is 2.40. The van der Waals surface area contributed by atoms with E-state index in [0.717, 1.165) is 19.3 Å². The van der Waals surface area contributed by atoms with E-state index in [1.807, 2.05) is 0 Å². The van der Waals surface area contributed by atoms with Crippen LogP contribution in [0.2, 0.25) is 0 Å². The van der Waals surface area contributed by atoms with Gasteiger partial charge in [0, 0.05) is 12.5 Å². The number of aromatic nitrogens is 2. The summed E-state index contributed by atoms with van der Waals surface area (Å²) in [5.41, 5.74) is 0.301. The van der Waals surface area contributed by atoms with Gasteiger partial charge in [-0.25, -0.2) is 13.2 Å². The zero-order valence-corrected chi connectivity index (χ0v) is 15.1. The molecule has 1 unspecified atom stereocenters. The van der Waals surface area contributed by atoms with Gasteiger partial charge in [-0.2, -0.15) is 9.29 Å². The van der Waals surface area contributed by atoms with E-state index in [4.69, 9.17) is 4.52 Å². The molecule has 0 spiro atoms. The van der Waals surface area contributed by atoms with Crippen molar-refractivity contribution in [1.29, 1.82) is 0 Å². The third kappa shape index (κ3) is 3.01. The molecule has 1 atom stereocenters. The number of ether oxygens (including phenoxy) is 1. The number of carbonyl (C=O) groups is 1. The highest BCUT2D eigenvalue weighted by Crippen LogP contribution is 2.40. The standard InChI is InChI=1S/C17H19N3O5S/c1-24-17(21)12-6-8-13(9-7-12)26(22,23)20-10-2-3-14(20)16-18-15(19-25-16)11-4-5-11/h6-9,11,14H,2-5,10H2,1H3. The van der Waals surface area contributed by atoms with Gasteiger partial charge in [-0.05, 0) is 49.9 Å². The van der Waals surface area contributed by atoms with Gasteiger partial charge >= 0.3 is 5.97 Å². The maximum absolute atomic E-state index is 13.0. The third-order valence-corrected chi connectivity index (χ3v) is 6.69. The summed E-state index contributed by atoms with van der Waals surface area (Å²) < 4.78 is 37.5. The number of hydrogen-bond acceptors (Lipinski definition) is 7. The number of carbonyl (C=O) groups excluding carboxylic acids is 1. The molecule has 0 N–H and O–H groups in total. The molecule has 2 fully saturated rings. The van der Waals surface area contributed by atoms with Gasteiger partial charge in [0.25, 0.3) is 0 Å². The van der Waals surface area contributed by atoms with E-state index < -0.39 is 22.0 Å². The highest BCUT2D eigenvalue weighted by atomic mass is 32.2. The second-order valence-corrected chi connectivity index (χ2v) is 8.45. The van der Waals surface area contributed by atoms with Crippen molar-refractivity contribution in [2.75, 3.05) is 13.7 Å². The van der Waals surface area contributed by atoms with Gasteiger partial charge in [0.2, 0.25) is 15.9 Å². The summed E-state index contributed by atoms with van der Waals surface area (Å²) in [5.74, 6) is 0.877. The van der Waals surface area contributed by atoms with Crippen molar-refractivity contribution in [3.8, 4) is 0 Å². The molecule has 1 aromatic carbocycles. The molecule has 4 rings (SSSR count). The van der Waals surface area contributed by atoms with Crippen LogP contribution >= 0.6 is 0 Å². The van der Waals surface area contributed by atoms with Gasteiger partial charge in [-0.15, -0.1) is 0 Å². The lowest BCUT2D eigenvalue weighted by atomic mass is 10.2. The summed E-state index contributed by atoms with van der Waals surface area (Å²) in [4.78, 5) is 16.1. The Bertz CT molecular complexity index is 918.